The number of rotatable bonds is 0. The van der Waals surface area contributed by atoms with Gasteiger partial charge in [0.15, 0.2) is 5.78 Å². The van der Waals surface area contributed by atoms with Gasteiger partial charge in [-0.25, -0.2) is 0 Å². The lowest BCUT2D eigenvalue weighted by molar-refractivity contribution is -0.120. The van der Waals surface area contributed by atoms with Gasteiger partial charge in [-0.15, -0.1) is 0 Å². The highest BCUT2D eigenvalue weighted by atomic mass is 16.6. The quantitative estimate of drug-likeness (QED) is 0.636. The van der Waals surface area contributed by atoms with Crippen molar-refractivity contribution in [2.45, 2.75) is 77.1 Å². The number of Topliss-reactive ketones (excluding diaryl/α,β-unsaturated/α-hetero) is 1. The van der Waals surface area contributed by atoms with Gasteiger partial charge in [0.2, 0.25) is 0 Å². The highest BCUT2D eigenvalue weighted by Gasteiger charge is 2.56. The van der Waals surface area contributed by atoms with E-state index in [2.05, 4.69) is 33.8 Å². The van der Waals surface area contributed by atoms with Crippen LogP contribution in [0, 0.1) is 11.3 Å². The molecule has 0 saturated carbocycles. The van der Waals surface area contributed by atoms with Crippen LogP contribution in [0.15, 0.2) is 23.5 Å². The second-order valence-corrected chi connectivity index (χ2v) is 8.39. The molecule has 0 amide bonds. The minimum atomic E-state index is -0.304. The smallest absolute Gasteiger partial charge is 0.166 e. The molecule has 0 aromatic rings. The molecule has 2 bridgehead atoms. The molecular formula is C19H26O3. The zero-order valence-corrected chi connectivity index (χ0v) is 14.1. The summed E-state index contributed by atoms with van der Waals surface area (Å²) < 4.78 is 12.5. The van der Waals surface area contributed by atoms with Crippen LogP contribution in [0.4, 0.5) is 0 Å². The molecule has 2 saturated heterocycles. The van der Waals surface area contributed by atoms with E-state index in [0.717, 1.165) is 37.0 Å². The van der Waals surface area contributed by atoms with Crippen molar-refractivity contribution < 1.29 is 14.3 Å². The fraction of sp³-hybridized carbons (Fsp3) is 0.737. The summed E-state index contributed by atoms with van der Waals surface area (Å²) in [6.07, 6.45) is 9.16. The number of ketones is 1. The van der Waals surface area contributed by atoms with E-state index in [4.69, 9.17) is 9.47 Å². The molecule has 5 atom stereocenters. The summed E-state index contributed by atoms with van der Waals surface area (Å²) in [5.74, 6) is 1.50. The summed E-state index contributed by atoms with van der Waals surface area (Å²) in [6, 6.07) is 0. The molecule has 3 nitrogen and oxygen atoms in total. The van der Waals surface area contributed by atoms with E-state index in [1.807, 2.05) is 6.08 Å². The predicted octanol–water partition coefficient (Wildman–Crippen LogP) is 3.93. The molecule has 0 radical (unpaired) electrons. The maximum atomic E-state index is 12.4. The lowest BCUT2D eigenvalue weighted by Gasteiger charge is -2.47. The van der Waals surface area contributed by atoms with Gasteiger partial charge in [0.1, 0.15) is 11.4 Å². The molecule has 0 aromatic carbocycles. The van der Waals surface area contributed by atoms with Crippen LogP contribution in [0.25, 0.3) is 0 Å². The third-order valence-electron chi connectivity index (χ3n) is 6.66. The summed E-state index contributed by atoms with van der Waals surface area (Å²) in [6.45, 7) is 8.85. The van der Waals surface area contributed by atoms with E-state index in [1.165, 1.54) is 0 Å². The molecule has 3 heteroatoms. The Morgan fingerprint density at radius 1 is 1.18 bits per heavy atom. The Balaban J connectivity index is 1.80. The highest BCUT2D eigenvalue weighted by Crippen LogP contribution is 2.55. The van der Waals surface area contributed by atoms with Gasteiger partial charge in [-0.2, -0.15) is 0 Å². The molecule has 0 N–H and O–H groups in total. The Morgan fingerprint density at radius 3 is 2.73 bits per heavy atom. The average molecular weight is 302 g/mol. The van der Waals surface area contributed by atoms with Crippen molar-refractivity contribution in [2.75, 3.05) is 0 Å². The van der Waals surface area contributed by atoms with Gasteiger partial charge in [0.25, 0.3) is 0 Å². The number of fused-ring (bicyclic) bond motifs is 2. The maximum absolute atomic E-state index is 12.4. The Hall–Kier alpha value is -1.09. The van der Waals surface area contributed by atoms with Gasteiger partial charge in [0, 0.05) is 11.8 Å². The normalized spacial score (nSPS) is 50.3. The van der Waals surface area contributed by atoms with Gasteiger partial charge in [-0.1, -0.05) is 13.8 Å². The van der Waals surface area contributed by atoms with E-state index >= 15 is 0 Å². The number of carbonyl (C=O) groups excluding carboxylic acids is 1. The fourth-order valence-electron chi connectivity index (χ4n) is 4.43. The second kappa shape index (κ2) is 4.25. The molecule has 0 spiro atoms. The summed E-state index contributed by atoms with van der Waals surface area (Å²) >= 11 is 0. The first-order valence-electron chi connectivity index (χ1n) is 8.60. The summed E-state index contributed by atoms with van der Waals surface area (Å²) in [5.41, 5.74) is 0.488. The Kier molecular flexibility index (Phi) is 2.80. The van der Waals surface area contributed by atoms with Gasteiger partial charge in [-0.05, 0) is 57.6 Å². The summed E-state index contributed by atoms with van der Waals surface area (Å²) in [4.78, 5) is 12.4. The zero-order valence-electron chi connectivity index (χ0n) is 14.1. The maximum Gasteiger partial charge on any atom is 0.166 e. The van der Waals surface area contributed by atoms with Crippen LogP contribution in [0.3, 0.4) is 0 Å². The van der Waals surface area contributed by atoms with Crippen LogP contribution in [-0.4, -0.2) is 23.1 Å². The van der Waals surface area contributed by atoms with Crippen molar-refractivity contribution >= 4 is 5.78 Å². The van der Waals surface area contributed by atoms with Gasteiger partial charge >= 0.3 is 0 Å². The molecule has 1 aliphatic carbocycles. The average Bonchev–Trinajstić information content (AvgIpc) is 3.12. The summed E-state index contributed by atoms with van der Waals surface area (Å²) in [7, 11) is 0. The molecule has 4 aliphatic rings. The Bertz CT molecular complexity index is 604. The largest absolute Gasteiger partial charge is 0.486 e. The lowest BCUT2D eigenvalue weighted by atomic mass is 9.64. The molecular weight excluding hydrogens is 276 g/mol. The van der Waals surface area contributed by atoms with Crippen LogP contribution >= 0.6 is 0 Å². The highest BCUT2D eigenvalue weighted by molar-refractivity contribution is 6.00. The van der Waals surface area contributed by atoms with Crippen LogP contribution < -0.4 is 0 Å². The third kappa shape index (κ3) is 1.94. The molecule has 4 rings (SSSR count). The van der Waals surface area contributed by atoms with Crippen molar-refractivity contribution in [3.63, 3.8) is 0 Å². The number of allylic oxidation sites excluding steroid dienone is 3. The first kappa shape index (κ1) is 14.5. The number of carbonyl (C=O) groups is 1. The SMILES string of the molecule is C[C@H]1CC(=O)C2=C3O[C@](C)(C=C2)CC[C@@H]2O[C@@]2(C)CC[C@@]31C. The van der Waals surface area contributed by atoms with E-state index < -0.39 is 0 Å². The van der Waals surface area contributed by atoms with E-state index in [9.17, 15) is 4.79 Å². The third-order valence-corrected chi connectivity index (χ3v) is 6.66. The predicted molar refractivity (Wildman–Crippen MR) is 84.3 cm³/mol. The topological polar surface area (TPSA) is 38.8 Å². The van der Waals surface area contributed by atoms with Crippen LogP contribution in [-0.2, 0) is 14.3 Å². The Labute approximate surface area is 132 Å². The van der Waals surface area contributed by atoms with Crippen LogP contribution in [0.5, 0.6) is 0 Å². The van der Waals surface area contributed by atoms with E-state index in [0.29, 0.717) is 18.4 Å². The van der Waals surface area contributed by atoms with Crippen molar-refractivity contribution in [2.24, 2.45) is 11.3 Å². The van der Waals surface area contributed by atoms with Gasteiger partial charge < -0.3 is 9.47 Å². The van der Waals surface area contributed by atoms with Crippen molar-refractivity contribution in [3.05, 3.63) is 23.5 Å². The molecule has 2 fully saturated rings. The van der Waals surface area contributed by atoms with Gasteiger partial charge in [0.05, 0.1) is 17.3 Å². The van der Waals surface area contributed by atoms with E-state index in [1.54, 1.807) is 0 Å². The standard InChI is InChI=1S/C19H26O3/c1-12-11-14(20)13-5-7-17(2)8-6-15-19(4,21-15)10-9-18(12,3)16(13)22-17/h5,7,12,15H,6,8-11H2,1-4H3/t12-,15-,17+,18+,19-/m0/s1. The van der Waals surface area contributed by atoms with Crippen LogP contribution in [0.2, 0.25) is 0 Å². The molecule has 0 aromatic heterocycles. The zero-order chi connectivity index (χ0) is 15.8. The molecule has 3 aliphatic heterocycles. The minimum Gasteiger partial charge on any atom is -0.486 e. The number of hydrogen-bond donors (Lipinski definition) is 0. The minimum absolute atomic E-state index is 0.0383. The summed E-state index contributed by atoms with van der Waals surface area (Å²) in [5, 5.41) is 0. The van der Waals surface area contributed by atoms with Crippen molar-refractivity contribution in [1.29, 1.82) is 0 Å². The number of epoxide rings is 1. The lowest BCUT2D eigenvalue weighted by Crippen LogP contribution is -2.43. The number of hydrogen-bond acceptors (Lipinski definition) is 3. The molecule has 22 heavy (non-hydrogen) atoms. The van der Waals surface area contributed by atoms with Gasteiger partial charge in [-0.3, -0.25) is 4.79 Å². The first-order chi connectivity index (χ1) is 10.3. The van der Waals surface area contributed by atoms with Crippen molar-refractivity contribution in [3.8, 4) is 0 Å². The molecule has 3 heterocycles. The van der Waals surface area contributed by atoms with Crippen LogP contribution in [0.1, 0.15) is 59.8 Å². The fourth-order valence-corrected chi connectivity index (χ4v) is 4.43. The van der Waals surface area contributed by atoms with E-state index in [-0.39, 0.29) is 22.4 Å². The first-order valence-corrected chi connectivity index (χ1v) is 8.60. The van der Waals surface area contributed by atoms with Crippen molar-refractivity contribution in [1.82, 2.24) is 0 Å². The monoisotopic (exact) mass is 302 g/mol. The molecule has 120 valence electrons. The second-order valence-electron chi connectivity index (χ2n) is 8.39. The number of ether oxygens (including phenoxy) is 2. The molecule has 0 unspecified atom stereocenters. The Morgan fingerprint density at radius 2 is 1.95 bits per heavy atom.